The molecule has 0 aromatic heterocycles. The molecule has 2 bridgehead atoms. The lowest BCUT2D eigenvalue weighted by atomic mass is 10.0. The largest absolute Gasteiger partial charge is 0.492 e. The molecule has 1 aliphatic carbocycles. The van der Waals surface area contributed by atoms with Crippen molar-refractivity contribution in [3.63, 3.8) is 0 Å². The van der Waals surface area contributed by atoms with E-state index in [4.69, 9.17) is 9.47 Å². The van der Waals surface area contributed by atoms with Gasteiger partial charge in [-0.2, -0.15) is 0 Å². The van der Waals surface area contributed by atoms with Gasteiger partial charge in [-0.15, -0.1) is 0 Å². The molecule has 5 N–H and O–H groups in total. The Hall–Kier alpha value is -4.45. The molecule has 1 spiro atoms. The first-order chi connectivity index (χ1) is 21.2. The van der Waals surface area contributed by atoms with Gasteiger partial charge in [-0.1, -0.05) is 42.5 Å². The number of carbonyl (C=O) groups excluding carboxylic acids is 5. The molecule has 1 saturated heterocycles. The minimum atomic E-state index is -1.05. The van der Waals surface area contributed by atoms with Gasteiger partial charge in [0.25, 0.3) is 0 Å². The number of fused-ring (bicyclic) bond motifs is 15. The van der Waals surface area contributed by atoms with Crippen molar-refractivity contribution in [3.05, 3.63) is 65.7 Å². The van der Waals surface area contributed by atoms with Crippen molar-refractivity contribution in [1.29, 1.82) is 0 Å². The highest BCUT2D eigenvalue weighted by Crippen LogP contribution is 2.35. The molecule has 12 nitrogen and oxygen atoms in total. The van der Waals surface area contributed by atoms with E-state index in [1.54, 1.807) is 24.3 Å². The van der Waals surface area contributed by atoms with Crippen LogP contribution in [0.25, 0.3) is 0 Å². The summed E-state index contributed by atoms with van der Waals surface area (Å²) in [5, 5.41) is 13.9. The molecule has 6 rings (SSSR count). The summed E-state index contributed by atoms with van der Waals surface area (Å²) in [5.74, 6) is -1.74. The van der Waals surface area contributed by atoms with E-state index in [1.165, 1.54) is 6.92 Å². The standard InChI is InChI=1S/C32H39N5O7/c1-20-27(38)35-25(18-21-6-3-2-4-7-21)29(40)37-32(13-14-32)31(42)33-15-17-43-23-11-9-22(10-12-23)19-24(28(39)34-20)36-30(41)26-8-5-16-44-26/h2-4,6-7,9-12,20,24-26H,5,8,13-19H2,1H3,(H,33,42)(H,34,39)(H,35,38)(H,36,41)(H,37,40)/t20-,24-,25+,26+/m0/s1. The molecule has 1 saturated carbocycles. The van der Waals surface area contributed by atoms with Crippen molar-refractivity contribution in [2.45, 2.75) is 75.2 Å². The van der Waals surface area contributed by atoms with Crippen LogP contribution >= 0.6 is 0 Å². The van der Waals surface area contributed by atoms with E-state index < -0.39 is 47.5 Å². The molecule has 2 aromatic rings. The molecule has 2 fully saturated rings. The second-order valence-corrected chi connectivity index (χ2v) is 11.6. The van der Waals surface area contributed by atoms with Gasteiger partial charge in [-0.25, -0.2) is 0 Å². The smallest absolute Gasteiger partial charge is 0.249 e. The summed E-state index contributed by atoms with van der Waals surface area (Å²) in [6, 6.07) is 13.3. The number of carbonyl (C=O) groups is 5. The number of benzene rings is 2. The van der Waals surface area contributed by atoms with Crippen LogP contribution in [0.15, 0.2) is 54.6 Å². The third-order valence-electron chi connectivity index (χ3n) is 8.09. The summed E-state index contributed by atoms with van der Waals surface area (Å²) in [6.07, 6.45) is 1.99. The SMILES string of the molecule is C[C@@H]1NC(=O)[C@@H](NC(=O)[C@H]2CCCO2)Cc2ccc(cc2)OCCNC(=O)C2(CC2)NC(=O)[C@@H](Cc2ccccc2)NC1=O. The fourth-order valence-electron chi connectivity index (χ4n) is 5.31. The second kappa shape index (κ2) is 13.9. The van der Waals surface area contributed by atoms with Gasteiger partial charge >= 0.3 is 0 Å². The van der Waals surface area contributed by atoms with Gasteiger partial charge in [0.2, 0.25) is 29.5 Å². The highest BCUT2D eigenvalue weighted by molar-refractivity contribution is 5.98. The van der Waals surface area contributed by atoms with Crippen molar-refractivity contribution in [2.24, 2.45) is 0 Å². The van der Waals surface area contributed by atoms with Crippen molar-refractivity contribution >= 4 is 29.5 Å². The van der Waals surface area contributed by atoms with Gasteiger partial charge in [-0.3, -0.25) is 24.0 Å². The number of amides is 5. The third kappa shape index (κ3) is 7.93. The Morgan fingerprint density at radius 3 is 2.36 bits per heavy atom. The highest BCUT2D eigenvalue weighted by Gasteiger charge is 2.51. The lowest BCUT2D eigenvalue weighted by Gasteiger charge is -2.26. The van der Waals surface area contributed by atoms with Crippen LogP contribution < -0.4 is 31.3 Å². The minimum Gasteiger partial charge on any atom is -0.492 e. The number of rotatable bonds is 4. The molecule has 4 atom stereocenters. The Morgan fingerprint density at radius 2 is 1.68 bits per heavy atom. The number of hydrogen-bond acceptors (Lipinski definition) is 7. The van der Waals surface area contributed by atoms with Crippen LogP contribution in [0.2, 0.25) is 0 Å². The number of hydrogen-bond donors (Lipinski definition) is 5. The maximum atomic E-state index is 13.5. The Morgan fingerprint density at radius 1 is 0.932 bits per heavy atom. The Labute approximate surface area is 256 Å². The van der Waals surface area contributed by atoms with Gasteiger partial charge in [0.05, 0.1) is 6.54 Å². The fourth-order valence-corrected chi connectivity index (χ4v) is 5.31. The third-order valence-corrected chi connectivity index (χ3v) is 8.09. The van der Waals surface area contributed by atoms with Crippen LogP contribution in [0.3, 0.4) is 0 Å². The lowest BCUT2D eigenvalue weighted by molar-refractivity contribution is -0.136. The number of nitrogens with one attached hydrogen (secondary N) is 5. The molecular formula is C32H39N5O7. The zero-order valence-electron chi connectivity index (χ0n) is 24.7. The molecule has 234 valence electrons. The van der Waals surface area contributed by atoms with Crippen LogP contribution in [0.4, 0.5) is 0 Å². The summed E-state index contributed by atoms with van der Waals surface area (Å²) in [5.41, 5.74) is 0.529. The zero-order valence-corrected chi connectivity index (χ0v) is 24.7. The van der Waals surface area contributed by atoms with E-state index in [1.807, 2.05) is 30.3 Å². The summed E-state index contributed by atoms with van der Waals surface area (Å²) in [7, 11) is 0. The van der Waals surface area contributed by atoms with Gasteiger partial charge in [0.1, 0.15) is 42.1 Å². The predicted molar refractivity (Wildman–Crippen MR) is 159 cm³/mol. The highest BCUT2D eigenvalue weighted by atomic mass is 16.5. The van der Waals surface area contributed by atoms with E-state index in [9.17, 15) is 24.0 Å². The molecule has 0 radical (unpaired) electrons. The maximum Gasteiger partial charge on any atom is 0.249 e. The normalized spacial score (nSPS) is 26.0. The molecule has 2 aromatic carbocycles. The monoisotopic (exact) mass is 605 g/mol. The van der Waals surface area contributed by atoms with Crippen LogP contribution in [-0.4, -0.2) is 79.1 Å². The lowest BCUT2D eigenvalue weighted by Crippen LogP contribution is -2.59. The van der Waals surface area contributed by atoms with Crippen LogP contribution in [0.5, 0.6) is 5.75 Å². The summed E-state index contributed by atoms with van der Waals surface area (Å²) in [6.45, 7) is 2.44. The predicted octanol–water partition coefficient (Wildman–Crippen LogP) is 0.283. The fraction of sp³-hybridized carbons (Fsp3) is 0.469. The van der Waals surface area contributed by atoms with Gasteiger partial charge < -0.3 is 36.1 Å². The van der Waals surface area contributed by atoms with Gasteiger partial charge in [0.15, 0.2) is 0 Å². The molecule has 5 amide bonds. The van der Waals surface area contributed by atoms with Crippen LogP contribution in [0.1, 0.15) is 43.7 Å². The molecule has 12 heteroatoms. The van der Waals surface area contributed by atoms with Gasteiger partial charge in [-0.05, 0) is 55.9 Å². The molecule has 4 aliphatic rings. The second-order valence-electron chi connectivity index (χ2n) is 11.6. The van der Waals surface area contributed by atoms with E-state index >= 15 is 0 Å². The first-order valence-electron chi connectivity index (χ1n) is 15.1. The summed E-state index contributed by atoms with van der Waals surface area (Å²) < 4.78 is 11.3. The molecule has 44 heavy (non-hydrogen) atoms. The average molecular weight is 606 g/mol. The average Bonchev–Trinajstić information content (AvgIpc) is 3.58. The van der Waals surface area contributed by atoms with Crippen LogP contribution in [-0.2, 0) is 41.6 Å². The van der Waals surface area contributed by atoms with Crippen LogP contribution in [0, 0.1) is 0 Å². The van der Waals surface area contributed by atoms with Crippen molar-refractivity contribution in [1.82, 2.24) is 26.6 Å². The zero-order chi connectivity index (χ0) is 31.1. The first-order valence-corrected chi connectivity index (χ1v) is 15.1. The first kappa shape index (κ1) is 31.0. The van der Waals surface area contributed by atoms with Crippen molar-refractivity contribution in [3.8, 4) is 5.75 Å². The molecular weight excluding hydrogens is 566 g/mol. The van der Waals surface area contributed by atoms with E-state index in [2.05, 4.69) is 26.6 Å². The van der Waals surface area contributed by atoms with Gasteiger partial charge in [0, 0.05) is 19.4 Å². The van der Waals surface area contributed by atoms with E-state index in [0.717, 1.165) is 17.5 Å². The Bertz CT molecular complexity index is 1360. The Balaban J connectivity index is 1.37. The van der Waals surface area contributed by atoms with Crippen molar-refractivity contribution in [2.75, 3.05) is 19.8 Å². The summed E-state index contributed by atoms with van der Waals surface area (Å²) >= 11 is 0. The summed E-state index contributed by atoms with van der Waals surface area (Å²) in [4.78, 5) is 66.2. The molecule has 3 heterocycles. The topological polar surface area (TPSA) is 164 Å². The number of ether oxygens (including phenoxy) is 2. The Kier molecular flexibility index (Phi) is 9.78. The quantitative estimate of drug-likeness (QED) is 0.313. The molecule has 0 unspecified atom stereocenters. The van der Waals surface area contributed by atoms with Crippen molar-refractivity contribution < 1.29 is 33.4 Å². The van der Waals surface area contributed by atoms with E-state index in [0.29, 0.717) is 31.6 Å². The molecule has 3 aliphatic heterocycles. The van der Waals surface area contributed by atoms with E-state index in [-0.39, 0.29) is 37.8 Å². The minimum absolute atomic E-state index is 0.163. The maximum absolute atomic E-state index is 13.5.